The summed E-state index contributed by atoms with van der Waals surface area (Å²) in [4.78, 5) is 19.2. The van der Waals surface area contributed by atoms with Crippen LogP contribution in [0.15, 0.2) is 60.8 Å². The summed E-state index contributed by atoms with van der Waals surface area (Å²) >= 11 is 0. The van der Waals surface area contributed by atoms with E-state index < -0.39 is 5.97 Å². The molecule has 3 rings (SSSR count). The van der Waals surface area contributed by atoms with Crippen molar-refractivity contribution < 1.29 is 23.7 Å². The molecule has 180 valence electrons. The lowest BCUT2D eigenvalue weighted by Gasteiger charge is -2.28. The van der Waals surface area contributed by atoms with E-state index in [4.69, 9.17) is 23.9 Å². The molecule has 34 heavy (non-hydrogen) atoms. The number of ether oxygens (including phenoxy) is 4. The zero-order valence-corrected chi connectivity index (χ0v) is 20.4. The van der Waals surface area contributed by atoms with E-state index in [-0.39, 0.29) is 6.10 Å². The van der Waals surface area contributed by atoms with E-state index in [1.807, 2.05) is 61.5 Å². The van der Waals surface area contributed by atoms with Crippen LogP contribution in [-0.4, -0.2) is 38.9 Å². The van der Waals surface area contributed by atoms with Crippen LogP contribution in [-0.2, 0) is 22.6 Å². The maximum absolute atomic E-state index is 12.4. The van der Waals surface area contributed by atoms with Crippen molar-refractivity contribution in [2.45, 2.75) is 33.0 Å². The molecule has 1 aromatic heterocycles. The topological polar surface area (TPSA) is 70.1 Å². The van der Waals surface area contributed by atoms with Gasteiger partial charge in [-0.2, -0.15) is 0 Å². The van der Waals surface area contributed by atoms with Crippen molar-refractivity contribution in [3.63, 3.8) is 0 Å². The molecular weight excluding hydrogens is 432 g/mol. The Morgan fingerprint density at radius 1 is 0.912 bits per heavy atom. The fourth-order valence-corrected chi connectivity index (χ4v) is 3.60. The summed E-state index contributed by atoms with van der Waals surface area (Å²) in [5.74, 6) is 1.95. The predicted octanol–water partition coefficient (Wildman–Crippen LogP) is 5.19. The van der Waals surface area contributed by atoms with Gasteiger partial charge in [-0.1, -0.05) is 24.3 Å². The highest BCUT2D eigenvalue weighted by molar-refractivity contribution is 5.89. The van der Waals surface area contributed by atoms with Crippen LogP contribution in [0.5, 0.6) is 11.5 Å². The van der Waals surface area contributed by atoms with Crippen molar-refractivity contribution in [3.05, 3.63) is 83.0 Å². The van der Waals surface area contributed by atoms with E-state index in [2.05, 4.69) is 4.90 Å². The predicted molar refractivity (Wildman–Crippen MR) is 131 cm³/mol. The first-order chi connectivity index (χ1) is 16.5. The molecule has 1 atom stereocenters. The van der Waals surface area contributed by atoms with Gasteiger partial charge in [0.15, 0.2) is 0 Å². The quantitative estimate of drug-likeness (QED) is 0.362. The number of methoxy groups -OCH3 is 3. The van der Waals surface area contributed by atoms with Crippen LogP contribution in [0.3, 0.4) is 0 Å². The molecule has 0 aliphatic rings. The van der Waals surface area contributed by atoms with E-state index in [0.717, 1.165) is 34.0 Å². The molecule has 0 saturated heterocycles. The Labute approximate surface area is 201 Å². The zero-order chi connectivity index (χ0) is 24.5. The highest BCUT2D eigenvalue weighted by atomic mass is 16.5. The van der Waals surface area contributed by atoms with Crippen LogP contribution in [0, 0.1) is 0 Å². The molecule has 2 aromatic carbocycles. The molecule has 7 heteroatoms. The van der Waals surface area contributed by atoms with Gasteiger partial charge in [-0.15, -0.1) is 0 Å². The number of esters is 1. The molecule has 1 unspecified atom stereocenters. The van der Waals surface area contributed by atoms with Crippen LogP contribution in [0.4, 0.5) is 5.82 Å². The molecule has 0 aliphatic carbocycles. The summed E-state index contributed by atoms with van der Waals surface area (Å²) < 4.78 is 21.4. The summed E-state index contributed by atoms with van der Waals surface area (Å²) in [6, 6.07) is 17.7. The second-order valence-corrected chi connectivity index (χ2v) is 7.79. The van der Waals surface area contributed by atoms with Crippen molar-refractivity contribution in [2.75, 3.05) is 32.8 Å². The van der Waals surface area contributed by atoms with E-state index in [1.165, 1.54) is 0 Å². The third kappa shape index (κ3) is 6.26. The molecule has 1 heterocycles. The second kappa shape index (κ2) is 12.0. The van der Waals surface area contributed by atoms with Gasteiger partial charge in [0.25, 0.3) is 0 Å². The SMILES string of the molecule is CCOC(=O)c1cnc(N(Cc2ccc(OC)cc2)Cc2ccc(OC)cc2)c(C(C)OC)c1. The van der Waals surface area contributed by atoms with Gasteiger partial charge in [0.05, 0.1) is 32.5 Å². The van der Waals surface area contributed by atoms with Gasteiger partial charge >= 0.3 is 5.97 Å². The first-order valence-electron chi connectivity index (χ1n) is 11.2. The number of benzene rings is 2. The summed E-state index contributed by atoms with van der Waals surface area (Å²) in [7, 11) is 4.94. The normalized spacial score (nSPS) is 11.6. The number of carbonyl (C=O) groups excluding carboxylic acids is 1. The van der Waals surface area contributed by atoms with Crippen LogP contribution < -0.4 is 14.4 Å². The summed E-state index contributed by atoms with van der Waals surface area (Å²) in [6.07, 6.45) is 1.29. The van der Waals surface area contributed by atoms with Crippen molar-refractivity contribution in [2.24, 2.45) is 0 Å². The minimum Gasteiger partial charge on any atom is -0.497 e. The van der Waals surface area contributed by atoms with Gasteiger partial charge in [-0.05, 0) is 55.3 Å². The van der Waals surface area contributed by atoms with Gasteiger partial charge in [0.1, 0.15) is 17.3 Å². The van der Waals surface area contributed by atoms with Crippen molar-refractivity contribution in [1.82, 2.24) is 4.98 Å². The van der Waals surface area contributed by atoms with Crippen LogP contribution in [0.1, 0.15) is 47.0 Å². The lowest BCUT2D eigenvalue weighted by Crippen LogP contribution is -2.25. The first kappa shape index (κ1) is 25.1. The van der Waals surface area contributed by atoms with Crippen LogP contribution in [0.25, 0.3) is 0 Å². The number of aromatic nitrogens is 1. The Morgan fingerprint density at radius 2 is 1.44 bits per heavy atom. The van der Waals surface area contributed by atoms with Crippen LogP contribution in [0.2, 0.25) is 0 Å². The van der Waals surface area contributed by atoms with Gasteiger partial charge in [-0.25, -0.2) is 9.78 Å². The number of hydrogen-bond acceptors (Lipinski definition) is 7. The molecule has 0 bridgehead atoms. The Morgan fingerprint density at radius 3 is 1.88 bits per heavy atom. The lowest BCUT2D eigenvalue weighted by atomic mass is 10.1. The summed E-state index contributed by atoms with van der Waals surface area (Å²) in [5, 5.41) is 0. The average Bonchev–Trinajstić information content (AvgIpc) is 2.88. The Hall–Kier alpha value is -3.58. The van der Waals surface area contributed by atoms with E-state index >= 15 is 0 Å². The number of pyridine rings is 1. The fourth-order valence-electron chi connectivity index (χ4n) is 3.60. The van der Waals surface area contributed by atoms with Gasteiger partial charge in [-0.3, -0.25) is 0 Å². The van der Waals surface area contributed by atoms with E-state index in [0.29, 0.717) is 25.3 Å². The van der Waals surface area contributed by atoms with Crippen molar-refractivity contribution >= 4 is 11.8 Å². The van der Waals surface area contributed by atoms with Crippen molar-refractivity contribution in [3.8, 4) is 11.5 Å². The largest absolute Gasteiger partial charge is 0.497 e. The maximum Gasteiger partial charge on any atom is 0.339 e. The number of hydrogen-bond donors (Lipinski definition) is 0. The molecule has 0 amide bonds. The molecule has 0 N–H and O–H groups in total. The average molecular weight is 465 g/mol. The van der Waals surface area contributed by atoms with E-state index in [1.54, 1.807) is 34.4 Å². The minimum atomic E-state index is -0.400. The lowest BCUT2D eigenvalue weighted by molar-refractivity contribution is 0.0525. The van der Waals surface area contributed by atoms with Gasteiger partial charge in [0.2, 0.25) is 0 Å². The highest BCUT2D eigenvalue weighted by Gasteiger charge is 2.21. The molecule has 0 spiro atoms. The monoisotopic (exact) mass is 464 g/mol. The Bertz CT molecular complexity index is 1020. The standard InChI is InChI=1S/C27H32N2O5/c1-6-34-27(30)22-15-25(19(2)31-3)26(28-16-22)29(17-20-7-11-23(32-4)12-8-20)18-21-9-13-24(33-5)14-10-21/h7-16,19H,6,17-18H2,1-5H3. The smallest absolute Gasteiger partial charge is 0.339 e. The fraction of sp³-hybridized carbons (Fsp3) is 0.333. The maximum atomic E-state index is 12.4. The molecule has 7 nitrogen and oxygen atoms in total. The first-order valence-corrected chi connectivity index (χ1v) is 11.2. The summed E-state index contributed by atoms with van der Waals surface area (Å²) in [5.41, 5.74) is 3.41. The van der Waals surface area contributed by atoms with E-state index in [9.17, 15) is 4.79 Å². The molecule has 0 radical (unpaired) electrons. The van der Waals surface area contributed by atoms with Gasteiger partial charge < -0.3 is 23.8 Å². The minimum absolute atomic E-state index is 0.272. The highest BCUT2D eigenvalue weighted by Crippen LogP contribution is 2.30. The Kier molecular flexibility index (Phi) is 8.87. The number of carbonyl (C=O) groups is 1. The molecule has 3 aromatic rings. The Balaban J connectivity index is 2.02. The number of nitrogens with zero attached hydrogens (tertiary/aromatic N) is 2. The molecule has 0 aliphatic heterocycles. The van der Waals surface area contributed by atoms with Gasteiger partial charge in [0, 0.05) is 32.0 Å². The second-order valence-electron chi connectivity index (χ2n) is 7.79. The molecular formula is C27H32N2O5. The number of anilines is 1. The molecule has 0 saturated carbocycles. The molecule has 0 fully saturated rings. The summed E-state index contributed by atoms with van der Waals surface area (Å²) in [6.45, 7) is 5.23. The van der Waals surface area contributed by atoms with Crippen molar-refractivity contribution in [1.29, 1.82) is 0 Å². The zero-order valence-electron chi connectivity index (χ0n) is 20.4. The third-order valence-electron chi connectivity index (χ3n) is 5.56. The number of rotatable bonds is 11. The van der Waals surface area contributed by atoms with Crippen LogP contribution >= 0.6 is 0 Å². The third-order valence-corrected chi connectivity index (χ3v) is 5.56.